The lowest BCUT2D eigenvalue weighted by atomic mass is 10.1. The van der Waals surface area contributed by atoms with Crippen LogP contribution in [0.5, 0.6) is 11.5 Å². The predicted molar refractivity (Wildman–Crippen MR) is 101 cm³/mol. The van der Waals surface area contributed by atoms with E-state index in [9.17, 15) is 10.1 Å². The molecule has 2 aromatic rings. The summed E-state index contributed by atoms with van der Waals surface area (Å²) < 4.78 is 10.4. The second-order valence-corrected chi connectivity index (χ2v) is 5.92. The van der Waals surface area contributed by atoms with Crippen LogP contribution in [0, 0.1) is 11.3 Å². The van der Waals surface area contributed by atoms with Crippen molar-refractivity contribution in [2.24, 2.45) is 0 Å². The number of halogens is 1. The highest BCUT2D eigenvalue weighted by molar-refractivity contribution is 6.32. The van der Waals surface area contributed by atoms with E-state index in [0.29, 0.717) is 22.1 Å². The molecule has 0 spiro atoms. The molecule has 134 valence electrons. The maximum absolute atomic E-state index is 12.4. The first-order valence-corrected chi connectivity index (χ1v) is 8.27. The van der Waals surface area contributed by atoms with Crippen LogP contribution in [0.3, 0.4) is 0 Å². The van der Waals surface area contributed by atoms with Crippen LogP contribution < -0.4 is 14.8 Å². The molecule has 0 aliphatic heterocycles. The van der Waals surface area contributed by atoms with Gasteiger partial charge in [0, 0.05) is 0 Å². The van der Waals surface area contributed by atoms with Gasteiger partial charge in [0.2, 0.25) is 0 Å². The molecule has 0 saturated carbocycles. The Morgan fingerprint density at radius 2 is 1.92 bits per heavy atom. The lowest BCUT2D eigenvalue weighted by Crippen LogP contribution is -2.27. The Balaban J connectivity index is 2.26. The highest BCUT2D eigenvalue weighted by Crippen LogP contribution is 2.36. The minimum absolute atomic E-state index is 0.0314. The molecular formula is C20H19ClN2O3. The molecule has 2 rings (SSSR count). The third kappa shape index (κ3) is 4.56. The molecule has 0 heterocycles. The fourth-order valence-electron chi connectivity index (χ4n) is 2.44. The van der Waals surface area contributed by atoms with Gasteiger partial charge in [-0.2, -0.15) is 5.26 Å². The number of amides is 1. The lowest BCUT2D eigenvalue weighted by Gasteiger charge is -2.14. The second-order valence-electron chi connectivity index (χ2n) is 5.51. The molecule has 0 fully saturated rings. The first kappa shape index (κ1) is 19.4. The van der Waals surface area contributed by atoms with Gasteiger partial charge in [-0.1, -0.05) is 41.9 Å². The standard InChI is InChI=1S/C20H19ClN2O3/c1-13(15-7-5-4-6-8-15)23-20(24)16(12-22)9-14-10-17(21)19(26-3)18(11-14)25-2/h4-11,13H,1-3H3,(H,23,24)/b16-9+. The normalized spacial score (nSPS) is 12.0. The lowest BCUT2D eigenvalue weighted by molar-refractivity contribution is -0.117. The first-order valence-electron chi connectivity index (χ1n) is 7.89. The molecule has 0 aliphatic carbocycles. The number of carbonyl (C=O) groups is 1. The van der Waals surface area contributed by atoms with E-state index in [1.807, 2.05) is 43.3 Å². The number of carbonyl (C=O) groups excluding carboxylic acids is 1. The van der Waals surface area contributed by atoms with Crippen LogP contribution in [0.15, 0.2) is 48.0 Å². The molecule has 5 nitrogen and oxygen atoms in total. The molecule has 26 heavy (non-hydrogen) atoms. The molecule has 0 saturated heterocycles. The van der Waals surface area contributed by atoms with Gasteiger partial charge in [-0.15, -0.1) is 0 Å². The van der Waals surface area contributed by atoms with E-state index in [2.05, 4.69) is 5.32 Å². The molecule has 1 atom stereocenters. The summed E-state index contributed by atoms with van der Waals surface area (Å²) in [5, 5.41) is 12.5. The van der Waals surface area contributed by atoms with Crippen LogP contribution in [0.2, 0.25) is 5.02 Å². The molecule has 1 amide bonds. The summed E-state index contributed by atoms with van der Waals surface area (Å²) in [7, 11) is 2.97. The monoisotopic (exact) mass is 370 g/mol. The van der Waals surface area contributed by atoms with Crippen LogP contribution >= 0.6 is 11.6 Å². The number of methoxy groups -OCH3 is 2. The molecule has 6 heteroatoms. The van der Waals surface area contributed by atoms with Crippen LogP contribution in [-0.4, -0.2) is 20.1 Å². The van der Waals surface area contributed by atoms with Crippen molar-refractivity contribution in [2.45, 2.75) is 13.0 Å². The quantitative estimate of drug-likeness (QED) is 0.612. The van der Waals surface area contributed by atoms with Gasteiger partial charge in [-0.3, -0.25) is 4.79 Å². The van der Waals surface area contributed by atoms with Crippen LogP contribution in [0.4, 0.5) is 0 Å². The summed E-state index contributed by atoms with van der Waals surface area (Å²) in [6, 6.07) is 14.5. The summed E-state index contributed by atoms with van der Waals surface area (Å²) in [4.78, 5) is 12.4. The third-order valence-corrected chi connectivity index (χ3v) is 4.06. The average Bonchev–Trinajstić information content (AvgIpc) is 2.66. The number of hydrogen-bond acceptors (Lipinski definition) is 4. The number of nitrogens with one attached hydrogen (secondary N) is 1. The van der Waals surface area contributed by atoms with Gasteiger partial charge < -0.3 is 14.8 Å². The number of nitriles is 1. The molecule has 0 radical (unpaired) electrons. The van der Waals surface area contributed by atoms with E-state index in [1.165, 1.54) is 20.3 Å². The maximum atomic E-state index is 12.4. The second kappa shape index (κ2) is 8.93. The SMILES string of the molecule is COc1cc(/C=C(\C#N)C(=O)NC(C)c2ccccc2)cc(Cl)c1OC. The van der Waals surface area contributed by atoms with Gasteiger partial charge >= 0.3 is 0 Å². The minimum Gasteiger partial charge on any atom is -0.493 e. The smallest absolute Gasteiger partial charge is 0.262 e. The number of benzene rings is 2. The van der Waals surface area contributed by atoms with E-state index in [-0.39, 0.29) is 11.6 Å². The average molecular weight is 371 g/mol. The number of hydrogen-bond donors (Lipinski definition) is 1. The molecule has 0 bridgehead atoms. The zero-order chi connectivity index (χ0) is 19.1. The topological polar surface area (TPSA) is 71.3 Å². The van der Waals surface area contributed by atoms with E-state index in [0.717, 1.165) is 5.56 Å². The Labute approximate surface area is 157 Å². The van der Waals surface area contributed by atoms with E-state index >= 15 is 0 Å². The molecular weight excluding hydrogens is 352 g/mol. The van der Waals surface area contributed by atoms with E-state index in [4.69, 9.17) is 21.1 Å². The summed E-state index contributed by atoms with van der Waals surface area (Å²) in [5.74, 6) is 0.350. The number of ether oxygens (including phenoxy) is 2. The van der Waals surface area contributed by atoms with Gasteiger partial charge in [0.15, 0.2) is 11.5 Å². The zero-order valence-electron chi connectivity index (χ0n) is 14.7. The zero-order valence-corrected chi connectivity index (χ0v) is 15.5. The summed E-state index contributed by atoms with van der Waals surface area (Å²) in [6.07, 6.45) is 1.46. The van der Waals surface area contributed by atoms with Crippen molar-refractivity contribution >= 4 is 23.6 Å². The van der Waals surface area contributed by atoms with E-state index in [1.54, 1.807) is 12.1 Å². The van der Waals surface area contributed by atoms with Crippen molar-refractivity contribution in [1.82, 2.24) is 5.32 Å². The Morgan fingerprint density at radius 1 is 1.23 bits per heavy atom. The van der Waals surface area contributed by atoms with Crippen molar-refractivity contribution < 1.29 is 14.3 Å². The Hall–Kier alpha value is -2.97. The first-order chi connectivity index (χ1) is 12.5. The number of nitrogens with zero attached hydrogens (tertiary/aromatic N) is 1. The Bertz CT molecular complexity index is 857. The molecule has 0 aromatic heterocycles. The Morgan fingerprint density at radius 3 is 2.50 bits per heavy atom. The molecule has 1 N–H and O–H groups in total. The van der Waals surface area contributed by atoms with Gasteiger partial charge in [-0.25, -0.2) is 0 Å². The minimum atomic E-state index is -0.463. The highest BCUT2D eigenvalue weighted by Gasteiger charge is 2.15. The molecule has 1 unspecified atom stereocenters. The van der Waals surface area contributed by atoms with Crippen molar-refractivity contribution in [3.63, 3.8) is 0 Å². The largest absolute Gasteiger partial charge is 0.493 e. The fourth-order valence-corrected chi connectivity index (χ4v) is 2.73. The van der Waals surface area contributed by atoms with Crippen LogP contribution in [0.1, 0.15) is 24.1 Å². The molecule has 0 aliphatic rings. The number of rotatable bonds is 6. The van der Waals surface area contributed by atoms with Crippen molar-refractivity contribution in [1.29, 1.82) is 5.26 Å². The fraction of sp³-hybridized carbons (Fsp3) is 0.200. The van der Waals surface area contributed by atoms with E-state index < -0.39 is 5.91 Å². The summed E-state index contributed by atoms with van der Waals surface area (Å²) in [5.41, 5.74) is 1.48. The third-order valence-electron chi connectivity index (χ3n) is 3.78. The van der Waals surface area contributed by atoms with Crippen molar-refractivity contribution in [3.8, 4) is 17.6 Å². The summed E-state index contributed by atoms with van der Waals surface area (Å²) in [6.45, 7) is 1.86. The molecule has 2 aromatic carbocycles. The Kier molecular flexibility index (Phi) is 6.65. The van der Waals surface area contributed by atoms with Gasteiger partial charge in [0.05, 0.1) is 25.3 Å². The van der Waals surface area contributed by atoms with Gasteiger partial charge in [-0.05, 0) is 36.3 Å². The van der Waals surface area contributed by atoms with Crippen molar-refractivity contribution in [3.05, 3.63) is 64.2 Å². The van der Waals surface area contributed by atoms with Crippen molar-refractivity contribution in [2.75, 3.05) is 14.2 Å². The maximum Gasteiger partial charge on any atom is 0.262 e. The predicted octanol–water partition coefficient (Wildman–Crippen LogP) is 4.14. The summed E-state index contributed by atoms with van der Waals surface area (Å²) >= 11 is 6.17. The van der Waals surface area contributed by atoms with Crippen LogP contribution in [-0.2, 0) is 4.79 Å². The van der Waals surface area contributed by atoms with Crippen LogP contribution in [0.25, 0.3) is 6.08 Å². The highest BCUT2D eigenvalue weighted by atomic mass is 35.5. The van der Waals surface area contributed by atoms with Gasteiger partial charge in [0.25, 0.3) is 5.91 Å². The van der Waals surface area contributed by atoms with Gasteiger partial charge in [0.1, 0.15) is 11.6 Å².